The number of anilines is 1. The first-order valence-corrected chi connectivity index (χ1v) is 6.99. The van der Waals surface area contributed by atoms with Crippen LogP contribution in [0.15, 0.2) is 36.8 Å². The summed E-state index contributed by atoms with van der Waals surface area (Å²) in [5.74, 6) is -1.10. The second-order valence-electron chi connectivity index (χ2n) is 3.98. The predicted molar refractivity (Wildman–Crippen MR) is 77.6 cm³/mol. The number of rotatable bonds is 6. The van der Waals surface area contributed by atoms with Crippen molar-refractivity contribution in [1.29, 1.82) is 0 Å². The first-order valence-electron chi connectivity index (χ1n) is 5.83. The van der Waals surface area contributed by atoms with Crippen molar-refractivity contribution in [2.24, 2.45) is 0 Å². The molecule has 0 saturated heterocycles. The van der Waals surface area contributed by atoms with Gasteiger partial charge in [0.05, 0.1) is 29.7 Å². The van der Waals surface area contributed by atoms with Crippen molar-refractivity contribution in [2.75, 3.05) is 16.8 Å². The Balaban J connectivity index is 1.87. The van der Waals surface area contributed by atoms with Gasteiger partial charge in [-0.05, 0) is 17.7 Å². The zero-order valence-corrected chi connectivity index (χ0v) is 11.3. The Morgan fingerprint density at radius 2 is 2.00 bits per heavy atom. The molecule has 104 valence electrons. The molecule has 0 aliphatic carbocycles. The molecule has 0 unspecified atom stereocenters. The topological polar surface area (TPSA) is 95.1 Å². The number of aromatic nitrogens is 2. The van der Waals surface area contributed by atoms with Gasteiger partial charge in [0.2, 0.25) is 5.91 Å². The van der Waals surface area contributed by atoms with E-state index in [0.717, 1.165) is 23.0 Å². The molecule has 1 heterocycles. The van der Waals surface area contributed by atoms with Crippen LogP contribution in [0.1, 0.15) is 0 Å². The van der Waals surface area contributed by atoms with Crippen LogP contribution in [0.2, 0.25) is 0 Å². The van der Waals surface area contributed by atoms with Crippen LogP contribution in [0.4, 0.5) is 5.69 Å². The molecule has 6 nitrogen and oxygen atoms in total. The smallest absolute Gasteiger partial charge is 0.313 e. The van der Waals surface area contributed by atoms with Gasteiger partial charge in [0.1, 0.15) is 0 Å². The number of imidazole rings is 1. The van der Waals surface area contributed by atoms with Crippen molar-refractivity contribution in [3.05, 3.63) is 36.8 Å². The molecule has 2 rings (SSSR count). The Morgan fingerprint density at radius 3 is 2.60 bits per heavy atom. The molecule has 3 N–H and O–H groups in total. The SMILES string of the molecule is O=C(O)CSCC(=O)Nc1ccc(-c2cnc[nH]2)cc1. The molecule has 0 aliphatic heterocycles. The molecule has 0 atom stereocenters. The highest BCUT2D eigenvalue weighted by atomic mass is 32.2. The number of H-pyrrole nitrogens is 1. The van der Waals surface area contributed by atoms with Gasteiger partial charge in [0, 0.05) is 5.69 Å². The molecule has 0 spiro atoms. The lowest BCUT2D eigenvalue weighted by Crippen LogP contribution is -2.15. The maximum absolute atomic E-state index is 11.6. The summed E-state index contributed by atoms with van der Waals surface area (Å²) in [4.78, 5) is 28.8. The van der Waals surface area contributed by atoms with Crippen LogP contribution in [-0.2, 0) is 9.59 Å². The highest BCUT2D eigenvalue weighted by molar-refractivity contribution is 8.00. The van der Waals surface area contributed by atoms with Crippen LogP contribution >= 0.6 is 11.8 Å². The van der Waals surface area contributed by atoms with Gasteiger partial charge < -0.3 is 15.4 Å². The Kier molecular flexibility index (Phi) is 4.78. The van der Waals surface area contributed by atoms with Crippen molar-refractivity contribution in [2.45, 2.75) is 0 Å². The number of benzene rings is 1. The molecular formula is C13H13N3O3S. The molecule has 0 fully saturated rings. The van der Waals surface area contributed by atoms with Gasteiger partial charge in [-0.15, -0.1) is 11.8 Å². The van der Waals surface area contributed by atoms with Crippen molar-refractivity contribution in [3.63, 3.8) is 0 Å². The second-order valence-corrected chi connectivity index (χ2v) is 4.96. The molecule has 7 heteroatoms. The number of amides is 1. The van der Waals surface area contributed by atoms with Gasteiger partial charge in [-0.3, -0.25) is 9.59 Å². The van der Waals surface area contributed by atoms with E-state index in [1.165, 1.54) is 0 Å². The molecule has 0 bridgehead atoms. The van der Waals surface area contributed by atoms with E-state index in [9.17, 15) is 9.59 Å². The third-order valence-corrected chi connectivity index (χ3v) is 3.35. The second kappa shape index (κ2) is 6.76. The van der Waals surface area contributed by atoms with E-state index in [0.29, 0.717) is 5.69 Å². The summed E-state index contributed by atoms with van der Waals surface area (Å²) in [5.41, 5.74) is 2.55. The molecule has 20 heavy (non-hydrogen) atoms. The number of aromatic amines is 1. The van der Waals surface area contributed by atoms with Crippen LogP contribution < -0.4 is 5.32 Å². The zero-order chi connectivity index (χ0) is 14.4. The fourth-order valence-electron chi connectivity index (χ4n) is 1.57. The number of aliphatic carboxylic acids is 1. The number of hydrogen-bond donors (Lipinski definition) is 3. The van der Waals surface area contributed by atoms with E-state index in [1.54, 1.807) is 24.7 Å². The minimum atomic E-state index is -0.924. The number of nitrogens with one attached hydrogen (secondary N) is 2. The molecule has 1 aromatic heterocycles. The molecular weight excluding hydrogens is 278 g/mol. The van der Waals surface area contributed by atoms with Crippen molar-refractivity contribution < 1.29 is 14.7 Å². The Hall–Kier alpha value is -2.28. The minimum Gasteiger partial charge on any atom is -0.481 e. The van der Waals surface area contributed by atoms with Gasteiger partial charge in [0.15, 0.2) is 0 Å². The lowest BCUT2D eigenvalue weighted by atomic mass is 10.1. The number of carbonyl (C=O) groups is 2. The monoisotopic (exact) mass is 291 g/mol. The Morgan fingerprint density at radius 1 is 1.25 bits per heavy atom. The molecule has 2 aromatic rings. The van der Waals surface area contributed by atoms with E-state index in [-0.39, 0.29) is 17.4 Å². The van der Waals surface area contributed by atoms with Crippen LogP contribution in [-0.4, -0.2) is 38.5 Å². The first-order chi connectivity index (χ1) is 9.65. The quantitative estimate of drug-likeness (QED) is 0.754. The minimum absolute atomic E-state index is 0.0772. The summed E-state index contributed by atoms with van der Waals surface area (Å²) in [6, 6.07) is 7.31. The summed E-state index contributed by atoms with van der Waals surface area (Å²) in [5, 5.41) is 11.2. The maximum Gasteiger partial charge on any atom is 0.313 e. The summed E-state index contributed by atoms with van der Waals surface area (Å²) in [7, 11) is 0. The number of hydrogen-bond acceptors (Lipinski definition) is 4. The molecule has 0 aliphatic rings. The summed E-state index contributed by atoms with van der Waals surface area (Å²) in [6.45, 7) is 0. The third kappa shape index (κ3) is 4.13. The van der Waals surface area contributed by atoms with E-state index in [4.69, 9.17) is 5.11 Å². The summed E-state index contributed by atoms with van der Waals surface area (Å²) in [6.07, 6.45) is 3.32. The van der Waals surface area contributed by atoms with Crippen LogP contribution in [0.25, 0.3) is 11.3 Å². The third-order valence-electron chi connectivity index (χ3n) is 2.44. The Labute approximate surface area is 119 Å². The van der Waals surface area contributed by atoms with E-state index >= 15 is 0 Å². The maximum atomic E-state index is 11.6. The number of carboxylic acid groups (broad SMARTS) is 1. The van der Waals surface area contributed by atoms with Crippen molar-refractivity contribution >= 4 is 29.3 Å². The van der Waals surface area contributed by atoms with E-state index in [1.807, 2.05) is 12.1 Å². The molecule has 0 saturated carbocycles. The van der Waals surface area contributed by atoms with Gasteiger partial charge in [0.25, 0.3) is 0 Å². The fraction of sp³-hybridized carbons (Fsp3) is 0.154. The number of nitrogens with zero attached hydrogens (tertiary/aromatic N) is 1. The summed E-state index contributed by atoms with van der Waals surface area (Å²) < 4.78 is 0. The molecule has 1 amide bonds. The largest absolute Gasteiger partial charge is 0.481 e. The molecule has 0 radical (unpaired) electrons. The van der Waals surface area contributed by atoms with Gasteiger partial charge in [-0.25, -0.2) is 4.98 Å². The number of thioether (sulfide) groups is 1. The van der Waals surface area contributed by atoms with Gasteiger partial charge in [-0.1, -0.05) is 12.1 Å². The number of carboxylic acids is 1. The van der Waals surface area contributed by atoms with Crippen LogP contribution in [0, 0.1) is 0 Å². The standard InChI is InChI=1S/C13H13N3O3S/c17-12(6-20-7-13(18)19)16-10-3-1-9(2-4-10)11-5-14-8-15-11/h1-5,8H,6-7H2,(H,14,15)(H,16,17)(H,18,19). The average Bonchev–Trinajstić information content (AvgIpc) is 2.93. The average molecular weight is 291 g/mol. The van der Waals surface area contributed by atoms with Crippen LogP contribution in [0.5, 0.6) is 0 Å². The Bertz CT molecular complexity index is 581. The zero-order valence-electron chi connectivity index (χ0n) is 10.5. The first kappa shape index (κ1) is 14.1. The van der Waals surface area contributed by atoms with Gasteiger partial charge >= 0.3 is 5.97 Å². The van der Waals surface area contributed by atoms with Crippen LogP contribution in [0.3, 0.4) is 0 Å². The van der Waals surface area contributed by atoms with Crippen molar-refractivity contribution in [3.8, 4) is 11.3 Å². The summed E-state index contributed by atoms with van der Waals surface area (Å²) >= 11 is 1.07. The highest BCUT2D eigenvalue weighted by Crippen LogP contribution is 2.18. The fourth-order valence-corrected chi connectivity index (χ4v) is 2.11. The highest BCUT2D eigenvalue weighted by Gasteiger charge is 2.05. The van der Waals surface area contributed by atoms with E-state index in [2.05, 4.69) is 15.3 Å². The normalized spacial score (nSPS) is 10.2. The van der Waals surface area contributed by atoms with Gasteiger partial charge in [-0.2, -0.15) is 0 Å². The lowest BCUT2D eigenvalue weighted by Gasteiger charge is -2.05. The lowest BCUT2D eigenvalue weighted by molar-refractivity contribution is -0.133. The predicted octanol–water partition coefficient (Wildman–Crippen LogP) is 1.83. The number of carbonyl (C=O) groups excluding carboxylic acids is 1. The molecule has 1 aromatic carbocycles. The van der Waals surface area contributed by atoms with E-state index < -0.39 is 5.97 Å². The van der Waals surface area contributed by atoms with Crippen molar-refractivity contribution in [1.82, 2.24) is 9.97 Å².